The number of ether oxygens (including phenoxy) is 2. The van der Waals surface area contributed by atoms with E-state index < -0.39 is 6.10 Å². The van der Waals surface area contributed by atoms with Crippen molar-refractivity contribution < 1.29 is 14.6 Å². The van der Waals surface area contributed by atoms with E-state index in [4.69, 9.17) is 9.47 Å². The molecule has 0 radical (unpaired) electrons. The highest BCUT2D eigenvalue weighted by Gasteiger charge is 2.28. The SMILES string of the molecule is COc1ccc(C(O)C(C)OC2CCC(C)C(C)C2)cc1. The molecular weight excluding hydrogens is 264 g/mol. The Hall–Kier alpha value is -1.06. The molecule has 1 aliphatic carbocycles. The molecule has 1 saturated carbocycles. The second kappa shape index (κ2) is 7.28. The normalized spacial score (nSPS) is 28.9. The Morgan fingerprint density at radius 2 is 1.76 bits per heavy atom. The van der Waals surface area contributed by atoms with Crippen molar-refractivity contribution >= 4 is 0 Å². The molecule has 0 heterocycles. The molecule has 1 aromatic carbocycles. The number of hydrogen-bond donors (Lipinski definition) is 1. The van der Waals surface area contributed by atoms with Crippen LogP contribution in [0.4, 0.5) is 0 Å². The number of benzene rings is 1. The summed E-state index contributed by atoms with van der Waals surface area (Å²) in [7, 11) is 1.64. The van der Waals surface area contributed by atoms with Gasteiger partial charge in [0.25, 0.3) is 0 Å². The maximum atomic E-state index is 10.4. The quantitative estimate of drug-likeness (QED) is 0.893. The maximum absolute atomic E-state index is 10.4. The zero-order valence-corrected chi connectivity index (χ0v) is 13.6. The monoisotopic (exact) mass is 292 g/mol. The fraction of sp³-hybridized carbons (Fsp3) is 0.667. The van der Waals surface area contributed by atoms with Crippen molar-refractivity contribution in [1.82, 2.24) is 0 Å². The van der Waals surface area contributed by atoms with Crippen molar-refractivity contribution in [2.45, 2.75) is 58.3 Å². The highest BCUT2D eigenvalue weighted by Crippen LogP contribution is 2.33. The molecule has 0 spiro atoms. The van der Waals surface area contributed by atoms with Crippen molar-refractivity contribution in [3.63, 3.8) is 0 Å². The molecule has 5 unspecified atom stereocenters. The van der Waals surface area contributed by atoms with E-state index in [9.17, 15) is 5.11 Å². The fourth-order valence-electron chi connectivity index (χ4n) is 3.07. The average Bonchev–Trinajstić information content (AvgIpc) is 2.50. The third-order valence-electron chi connectivity index (χ3n) is 4.86. The topological polar surface area (TPSA) is 38.7 Å². The van der Waals surface area contributed by atoms with Crippen molar-refractivity contribution in [3.05, 3.63) is 29.8 Å². The van der Waals surface area contributed by atoms with Crippen LogP contribution < -0.4 is 4.74 Å². The molecule has 5 atom stereocenters. The first kappa shape index (κ1) is 16.3. The van der Waals surface area contributed by atoms with Crippen LogP contribution in [-0.2, 0) is 4.74 Å². The van der Waals surface area contributed by atoms with Gasteiger partial charge in [-0.15, -0.1) is 0 Å². The molecule has 3 heteroatoms. The third kappa shape index (κ3) is 4.21. The minimum absolute atomic E-state index is 0.191. The molecular formula is C18H28O3. The van der Waals surface area contributed by atoms with E-state index in [1.54, 1.807) is 7.11 Å². The Morgan fingerprint density at radius 1 is 1.10 bits per heavy atom. The molecule has 3 nitrogen and oxygen atoms in total. The van der Waals surface area contributed by atoms with E-state index in [1.165, 1.54) is 6.42 Å². The molecule has 0 amide bonds. The summed E-state index contributed by atoms with van der Waals surface area (Å²) in [4.78, 5) is 0. The highest BCUT2D eigenvalue weighted by atomic mass is 16.5. The van der Waals surface area contributed by atoms with Gasteiger partial charge >= 0.3 is 0 Å². The van der Waals surface area contributed by atoms with E-state index in [2.05, 4.69) is 13.8 Å². The van der Waals surface area contributed by atoms with Gasteiger partial charge in [-0.3, -0.25) is 0 Å². The van der Waals surface area contributed by atoms with Gasteiger partial charge in [0.1, 0.15) is 11.9 Å². The maximum Gasteiger partial charge on any atom is 0.118 e. The van der Waals surface area contributed by atoms with E-state index in [1.807, 2.05) is 31.2 Å². The Balaban J connectivity index is 1.91. The van der Waals surface area contributed by atoms with Gasteiger partial charge in [0.15, 0.2) is 0 Å². The molecule has 2 rings (SSSR count). The first-order valence-corrected chi connectivity index (χ1v) is 7.98. The first-order chi connectivity index (χ1) is 10.0. The average molecular weight is 292 g/mol. The molecule has 0 aromatic heterocycles. The minimum atomic E-state index is -0.592. The Bertz CT molecular complexity index is 429. The molecule has 118 valence electrons. The summed E-state index contributed by atoms with van der Waals surface area (Å²) in [5.74, 6) is 2.29. The van der Waals surface area contributed by atoms with Crippen LogP contribution in [0.5, 0.6) is 5.75 Å². The molecule has 1 N–H and O–H groups in total. The van der Waals surface area contributed by atoms with Gasteiger partial charge in [-0.2, -0.15) is 0 Å². The lowest BCUT2D eigenvalue weighted by atomic mass is 9.80. The number of hydrogen-bond acceptors (Lipinski definition) is 3. The van der Waals surface area contributed by atoms with Gasteiger partial charge in [0, 0.05) is 0 Å². The second-order valence-electron chi connectivity index (χ2n) is 6.45. The van der Waals surface area contributed by atoms with Gasteiger partial charge < -0.3 is 14.6 Å². The van der Waals surface area contributed by atoms with Crippen LogP contribution in [0.15, 0.2) is 24.3 Å². The molecule has 1 fully saturated rings. The lowest BCUT2D eigenvalue weighted by Crippen LogP contribution is -2.31. The van der Waals surface area contributed by atoms with Crippen LogP contribution in [0.2, 0.25) is 0 Å². The third-order valence-corrected chi connectivity index (χ3v) is 4.86. The van der Waals surface area contributed by atoms with Gasteiger partial charge in [0.05, 0.1) is 19.3 Å². The molecule has 1 aliphatic rings. The van der Waals surface area contributed by atoms with E-state index in [0.29, 0.717) is 5.92 Å². The highest BCUT2D eigenvalue weighted by molar-refractivity contribution is 5.28. The smallest absolute Gasteiger partial charge is 0.118 e. The summed E-state index contributed by atoms with van der Waals surface area (Å²) in [6.45, 7) is 6.57. The zero-order valence-electron chi connectivity index (χ0n) is 13.6. The molecule has 0 aliphatic heterocycles. The van der Waals surface area contributed by atoms with E-state index in [-0.39, 0.29) is 12.2 Å². The van der Waals surface area contributed by atoms with Crippen molar-refractivity contribution in [3.8, 4) is 5.75 Å². The summed E-state index contributed by atoms with van der Waals surface area (Å²) >= 11 is 0. The Labute approximate surface area is 128 Å². The summed E-state index contributed by atoms with van der Waals surface area (Å²) < 4.78 is 11.2. The van der Waals surface area contributed by atoms with Crippen LogP contribution in [0.3, 0.4) is 0 Å². The summed E-state index contributed by atoms with van der Waals surface area (Å²) in [5.41, 5.74) is 0.875. The van der Waals surface area contributed by atoms with E-state index >= 15 is 0 Å². The van der Waals surface area contributed by atoms with Crippen molar-refractivity contribution in [2.75, 3.05) is 7.11 Å². The van der Waals surface area contributed by atoms with Gasteiger partial charge in [-0.05, 0) is 55.7 Å². The van der Waals surface area contributed by atoms with Crippen LogP contribution in [-0.4, -0.2) is 24.4 Å². The van der Waals surface area contributed by atoms with E-state index in [0.717, 1.165) is 30.1 Å². The van der Waals surface area contributed by atoms with Crippen molar-refractivity contribution in [2.24, 2.45) is 11.8 Å². The van der Waals surface area contributed by atoms with Crippen LogP contribution in [0.25, 0.3) is 0 Å². The van der Waals surface area contributed by atoms with Crippen LogP contribution in [0, 0.1) is 11.8 Å². The summed E-state index contributed by atoms with van der Waals surface area (Å²) in [6, 6.07) is 7.54. The molecule has 1 aromatic rings. The standard InChI is InChI=1S/C18H28O3/c1-12-5-8-17(11-13(12)2)21-14(3)18(19)15-6-9-16(20-4)10-7-15/h6-7,9-10,12-14,17-19H,5,8,11H2,1-4H3. The predicted molar refractivity (Wildman–Crippen MR) is 84.5 cm³/mol. The second-order valence-corrected chi connectivity index (χ2v) is 6.45. The Kier molecular flexibility index (Phi) is 5.65. The molecule has 21 heavy (non-hydrogen) atoms. The lowest BCUT2D eigenvalue weighted by Gasteiger charge is -2.34. The first-order valence-electron chi connectivity index (χ1n) is 7.98. The van der Waals surface area contributed by atoms with Crippen LogP contribution >= 0.6 is 0 Å². The largest absolute Gasteiger partial charge is 0.497 e. The summed E-state index contributed by atoms with van der Waals surface area (Å²) in [6.07, 6.45) is 2.91. The minimum Gasteiger partial charge on any atom is -0.497 e. The van der Waals surface area contributed by atoms with Crippen LogP contribution in [0.1, 0.15) is 51.7 Å². The lowest BCUT2D eigenvalue weighted by molar-refractivity contribution is -0.0899. The molecule has 0 saturated heterocycles. The molecule has 0 bridgehead atoms. The zero-order chi connectivity index (χ0) is 15.4. The van der Waals surface area contributed by atoms with Gasteiger partial charge in [-0.25, -0.2) is 0 Å². The number of methoxy groups -OCH3 is 1. The summed E-state index contributed by atoms with van der Waals surface area (Å²) in [5, 5.41) is 10.4. The predicted octanol–water partition coefficient (Wildman–Crippen LogP) is 3.96. The number of aliphatic hydroxyl groups is 1. The Morgan fingerprint density at radius 3 is 2.33 bits per heavy atom. The number of aliphatic hydroxyl groups excluding tert-OH is 1. The van der Waals surface area contributed by atoms with Crippen molar-refractivity contribution in [1.29, 1.82) is 0 Å². The number of rotatable bonds is 5. The fourth-order valence-corrected chi connectivity index (χ4v) is 3.07. The van der Waals surface area contributed by atoms with Gasteiger partial charge in [0.2, 0.25) is 0 Å². The van der Waals surface area contributed by atoms with Gasteiger partial charge in [-0.1, -0.05) is 26.0 Å².